The molecule has 1 fully saturated rings. The van der Waals surface area contributed by atoms with E-state index in [1.54, 1.807) is 26.1 Å². The van der Waals surface area contributed by atoms with Crippen molar-refractivity contribution >= 4 is 29.4 Å². The van der Waals surface area contributed by atoms with Gasteiger partial charge in [0.1, 0.15) is 16.6 Å². The average Bonchev–Trinajstić information content (AvgIpc) is 3.14. The highest BCUT2D eigenvalue weighted by molar-refractivity contribution is 6.39. The van der Waals surface area contributed by atoms with Crippen molar-refractivity contribution < 1.29 is 14.0 Å². The summed E-state index contributed by atoms with van der Waals surface area (Å²) in [6, 6.07) is 26.8. The number of aldehydes is 1. The van der Waals surface area contributed by atoms with E-state index in [0.29, 0.717) is 25.7 Å². The lowest BCUT2D eigenvalue weighted by molar-refractivity contribution is -0.125. The Bertz CT molecular complexity index is 1350. The van der Waals surface area contributed by atoms with Crippen LogP contribution in [-0.4, -0.2) is 67.9 Å². The Kier molecular flexibility index (Phi) is 23.5. The summed E-state index contributed by atoms with van der Waals surface area (Å²) >= 11 is 6.15. The molecule has 0 saturated carbocycles. The van der Waals surface area contributed by atoms with Crippen LogP contribution in [0.4, 0.5) is 4.39 Å². The fourth-order valence-electron chi connectivity index (χ4n) is 5.17. The van der Waals surface area contributed by atoms with Gasteiger partial charge in [0.2, 0.25) is 0 Å². The summed E-state index contributed by atoms with van der Waals surface area (Å²) in [5.74, 6) is -0.00355. The lowest BCUT2D eigenvalue weighted by Crippen LogP contribution is -2.49. The number of likely N-dealkylation sites (N-methyl/N-ethyl adjacent to an activating group) is 1. The minimum Gasteiger partial charge on any atom is -0.376 e. The van der Waals surface area contributed by atoms with Gasteiger partial charge in [-0.15, -0.1) is 0 Å². The zero-order chi connectivity index (χ0) is 36.5. The number of likely N-dealkylation sites (tertiary alicyclic amines) is 1. The summed E-state index contributed by atoms with van der Waals surface area (Å²) in [5.41, 5.74) is 4.62. The van der Waals surface area contributed by atoms with E-state index in [1.165, 1.54) is 23.3 Å². The number of aliphatic imine (C=N–C) groups is 1. The van der Waals surface area contributed by atoms with Gasteiger partial charge in [-0.1, -0.05) is 125 Å². The molecule has 3 aromatic rings. The second-order valence-electron chi connectivity index (χ2n) is 10.9. The summed E-state index contributed by atoms with van der Waals surface area (Å²) in [6.07, 6.45) is 3.07. The number of halogens is 2. The van der Waals surface area contributed by atoms with E-state index in [-0.39, 0.29) is 16.6 Å². The number of carbonyl (C=O) groups excluding carboxylic acids is 2. The molecule has 0 radical (unpaired) electrons. The van der Waals surface area contributed by atoms with E-state index in [4.69, 9.17) is 11.6 Å². The zero-order valence-corrected chi connectivity index (χ0v) is 31.8. The van der Waals surface area contributed by atoms with Crippen molar-refractivity contribution in [1.29, 1.82) is 0 Å². The van der Waals surface area contributed by atoms with Gasteiger partial charge in [0.05, 0.1) is 11.1 Å². The van der Waals surface area contributed by atoms with Gasteiger partial charge in [0.25, 0.3) is 0 Å². The van der Waals surface area contributed by atoms with Crippen LogP contribution in [0.1, 0.15) is 78.0 Å². The molecule has 1 aliphatic heterocycles. The second kappa shape index (κ2) is 25.4. The molecule has 7 heteroatoms. The Labute approximate surface area is 295 Å². The SMILES string of the molecule is CC.CC.CCN(C)/C(CN1CCC(C(C)=O)(C(=NC)c2ccccc2)CC1)=C(/Cl)C=O.CCc1ccc(F)cc1.Cc1ccccc1. The Morgan fingerprint density at radius 3 is 1.79 bits per heavy atom. The quantitative estimate of drug-likeness (QED) is 0.128. The van der Waals surface area contributed by atoms with Crippen LogP contribution in [0.5, 0.6) is 0 Å². The van der Waals surface area contributed by atoms with Gasteiger partial charge in [0.15, 0.2) is 6.29 Å². The molecule has 0 spiro atoms. The van der Waals surface area contributed by atoms with Crippen molar-refractivity contribution in [3.63, 3.8) is 0 Å². The second-order valence-corrected chi connectivity index (χ2v) is 11.3. The molecule has 4 rings (SSSR count). The number of piperidine rings is 1. The first-order valence-corrected chi connectivity index (χ1v) is 17.6. The smallest absolute Gasteiger partial charge is 0.163 e. The molecule has 1 aliphatic rings. The summed E-state index contributed by atoms with van der Waals surface area (Å²) < 4.78 is 12.2. The molecular formula is C41H59ClFN3O2. The number of rotatable bonds is 9. The van der Waals surface area contributed by atoms with E-state index in [2.05, 4.69) is 28.9 Å². The van der Waals surface area contributed by atoms with Crippen LogP contribution in [0, 0.1) is 18.2 Å². The number of ketones is 1. The topological polar surface area (TPSA) is 53.0 Å². The van der Waals surface area contributed by atoms with Crippen molar-refractivity contribution in [2.75, 3.05) is 40.3 Å². The molecule has 0 aromatic heterocycles. The third kappa shape index (κ3) is 14.7. The number of nitrogens with zero attached hydrogens (tertiary/aromatic N) is 3. The molecule has 1 saturated heterocycles. The molecule has 0 aliphatic carbocycles. The number of hydrogen-bond donors (Lipinski definition) is 0. The van der Waals surface area contributed by atoms with Crippen LogP contribution in [0.3, 0.4) is 0 Å². The van der Waals surface area contributed by atoms with Crippen LogP contribution in [-0.2, 0) is 16.0 Å². The summed E-state index contributed by atoms with van der Waals surface area (Å²) in [7, 11) is 3.70. The molecule has 0 unspecified atom stereocenters. The Balaban J connectivity index is 0.000000891. The molecule has 48 heavy (non-hydrogen) atoms. The largest absolute Gasteiger partial charge is 0.376 e. The molecule has 3 aromatic carbocycles. The number of allylic oxidation sites excluding steroid dienone is 1. The Hall–Kier alpha value is -3.61. The predicted octanol–water partition coefficient (Wildman–Crippen LogP) is 9.81. The summed E-state index contributed by atoms with van der Waals surface area (Å²) in [5, 5.41) is 0.243. The van der Waals surface area contributed by atoms with E-state index < -0.39 is 5.41 Å². The van der Waals surface area contributed by atoms with Gasteiger partial charge in [-0.2, -0.15) is 0 Å². The van der Waals surface area contributed by atoms with Crippen molar-refractivity contribution in [1.82, 2.24) is 9.80 Å². The van der Waals surface area contributed by atoms with Crippen molar-refractivity contribution in [3.8, 4) is 0 Å². The van der Waals surface area contributed by atoms with E-state index in [1.807, 2.05) is 102 Å². The van der Waals surface area contributed by atoms with Crippen LogP contribution in [0.25, 0.3) is 0 Å². The number of hydrogen-bond acceptors (Lipinski definition) is 5. The molecule has 264 valence electrons. The molecule has 0 atom stereocenters. The third-order valence-corrected chi connectivity index (χ3v) is 8.36. The van der Waals surface area contributed by atoms with Gasteiger partial charge < -0.3 is 4.90 Å². The van der Waals surface area contributed by atoms with Crippen molar-refractivity contribution in [2.45, 2.75) is 74.7 Å². The molecule has 0 amide bonds. The lowest BCUT2D eigenvalue weighted by atomic mass is 9.69. The first-order chi connectivity index (χ1) is 23.1. The maximum absolute atomic E-state index is 12.7. The molecule has 5 nitrogen and oxygen atoms in total. The maximum atomic E-state index is 12.7. The first kappa shape index (κ1) is 44.4. The predicted molar refractivity (Wildman–Crippen MR) is 205 cm³/mol. The molecule has 1 heterocycles. The van der Waals surface area contributed by atoms with Gasteiger partial charge in [0, 0.05) is 32.9 Å². The minimum atomic E-state index is -0.568. The minimum absolute atomic E-state index is 0.156. The van der Waals surface area contributed by atoms with E-state index in [0.717, 1.165) is 43.0 Å². The zero-order valence-electron chi connectivity index (χ0n) is 31.0. The molecule has 0 bridgehead atoms. The van der Waals surface area contributed by atoms with Crippen LogP contribution >= 0.6 is 11.6 Å². The maximum Gasteiger partial charge on any atom is 0.163 e. The molecular weight excluding hydrogens is 621 g/mol. The van der Waals surface area contributed by atoms with Crippen molar-refractivity contribution in [2.24, 2.45) is 10.4 Å². The first-order valence-electron chi connectivity index (χ1n) is 17.2. The third-order valence-electron chi connectivity index (χ3n) is 8.06. The van der Waals surface area contributed by atoms with Gasteiger partial charge in [-0.3, -0.25) is 19.5 Å². The van der Waals surface area contributed by atoms with Crippen LogP contribution in [0.15, 0.2) is 101 Å². The van der Waals surface area contributed by atoms with Gasteiger partial charge in [-0.25, -0.2) is 4.39 Å². The highest BCUT2D eigenvalue weighted by Gasteiger charge is 2.43. The Morgan fingerprint density at radius 1 is 0.917 bits per heavy atom. The molecule has 0 N–H and O–H groups in total. The van der Waals surface area contributed by atoms with Crippen LogP contribution < -0.4 is 0 Å². The van der Waals surface area contributed by atoms with Crippen LogP contribution in [0.2, 0.25) is 0 Å². The summed E-state index contributed by atoms with van der Waals surface area (Å²) in [4.78, 5) is 32.7. The van der Waals surface area contributed by atoms with Gasteiger partial charge in [-0.05, 0) is 76.4 Å². The number of benzene rings is 3. The van der Waals surface area contributed by atoms with E-state index >= 15 is 0 Å². The summed E-state index contributed by atoms with van der Waals surface area (Å²) in [6.45, 7) is 18.7. The highest BCUT2D eigenvalue weighted by atomic mass is 35.5. The standard InChI is InChI=1S/C22H30ClN3O2.C8H9F.C7H8.2C2H6/c1-5-25(4)20(19(23)16-27)15-26-13-11-22(12-14-26,17(2)28)21(24-3)18-9-7-6-8-10-18;1-2-7-3-5-8(9)6-4-7;1-7-5-3-2-4-6-7;2*1-2/h6-10,16H,5,11-15H2,1-4H3;3-6H,2H2,1H3;2-6H,1H3;2*1-2H3/b20-19+,24-21?;;;;. The van der Waals surface area contributed by atoms with E-state index in [9.17, 15) is 14.0 Å². The lowest BCUT2D eigenvalue weighted by Gasteiger charge is -2.42. The fourth-order valence-corrected chi connectivity index (χ4v) is 5.37. The average molecular weight is 680 g/mol. The van der Waals surface area contributed by atoms with Gasteiger partial charge >= 0.3 is 0 Å². The number of carbonyl (C=O) groups is 2. The normalized spacial score (nSPS) is 14.0. The number of Topliss-reactive ketones (excluding diaryl/α,β-unsaturated/α-hetero) is 1. The number of aryl methyl sites for hydroxylation is 2. The monoisotopic (exact) mass is 679 g/mol. The Morgan fingerprint density at radius 2 is 1.42 bits per heavy atom. The highest BCUT2D eigenvalue weighted by Crippen LogP contribution is 2.37. The fraction of sp³-hybridized carbons (Fsp3) is 0.439. The van der Waals surface area contributed by atoms with Crippen molar-refractivity contribution in [3.05, 3.63) is 118 Å².